The molecular formula is C14H23NO4. The number of allylic oxidation sites excluding steroid dienone is 1. The number of rotatable bonds is 4. The van der Waals surface area contributed by atoms with Crippen LogP contribution in [0.3, 0.4) is 0 Å². The Bertz CT molecular complexity index is 327. The van der Waals surface area contributed by atoms with Crippen LogP contribution in [0.2, 0.25) is 0 Å². The quantitative estimate of drug-likeness (QED) is 0.628. The summed E-state index contributed by atoms with van der Waals surface area (Å²) in [6, 6.07) is 0. The maximum Gasteiger partial charge on any atom is 0.508 e. The second-order valence-electron chi connectivity index (χ2n) is 4.62. The van der Waals surface area contributed by atoms with E-state index in [9.17, 15) is 9.59 Å². The molecule has 108 valence electrons. The average molecular weight is 269 g/mol. The molecule has 0 aromatic rings. The summed E-state index contributed by atoms with van der Waals surface area (Å²) in [5.41, 5.74) is 0. The number of ether oxygens (including phenoxy) is 2. The lowest BCUT2D eigenvalue weighted by molar-refractivity contribution is -0.122. The van der Waals surface area contributed by atoms with E-state index >= 15 is 0 Å². The monoisotopic (exact) mass is 269 g/mol. The molecule has 0 aromatic carbocycles. The Morgan fingerprint density at radius 1 is 1.37 bits per heavy atom. The van der Waals surface area contributed by atoms with Gasteiger partial charge in [-0.15, -0.1) is 0 Å². The van der Waals surface area contributed by atoms with Crippen molar-refractivity contribution in [2.45, 2.75) is 45.1 Å². The lowest BCUT2D eigenvalue weighted by Gasteiger charge is -2.25. The smallest absolute Gasteiger partial charge is 0.435 e. The molecule has 1 rings (SSSR count). The van der Waals surface area contributed by atoms with Crippen molar-refractivity contribution in [2.75, 3.05) is 13.7 Å². The predicted octanol–water partition coefficient (Wildman–Crippen LogP) is 2.41. The largest absolute Gasteiger partial charge is 0.508 e. The molecule has 0 saturated carbocycles. The van der Waals surface area contributed by atoms with Gasteiger partial charge in [0.2, 0.25) is 5.91 Å². The van der Waals surface area contributed by atoms with Crippen molar-refractivity contribution < 1.29 is 19.1 Å². The minimum Gasteiger partial charge on any atom is -0.435 e. The highest BCUT2D eigenvalue weighted by Crippen LogP contribution is 2.24. The Labute approximate surface area is 114 Å². The number of hydrogen-bond donors (Lipinski definition) is 1. The van der Waals surface area contributed by atoms with Gasteiger partial charge < -0.3 is 14.8 Å². The second kappa shape index (κ2) is 8.56. The van der Waals surface area contributed by atoms with Crippen LogP contribution >= 0.6 is 0 Å². The standard InChI is InChI=1S/C14H23NO4/c1-3-18-14(17)19-12-9-7-5-4-6-8-11(12)10-13(16)15-2/h7,9,11-12H,3-6,8,10H2,1-2H3,(H,15,16)/b9-7+. The molecule has 0 aromatic heterocycles. The summed E-state index contributed by atoms with van der Waals surface area (Å²) in [7, 11) is 1.61. The van der Waals surface area contributed by atoms with Gasteiger partial charge in [0.1, 0.15) is 6.10 Å². The summed E-state index contributed by atoms with van der Waals surface area (Å²) in [4.78, 5) is 23.0. The van der Waals surface area contributed by atoms with Crippen molar-refractivity contribution in [1.29, 1.82) is 0 Å². The third-order valence-electron chi connectivity index (χ3n) is 3.21. The molecule has 19 heavy (non-hydrogen) atoms. The molecule has 0 spiro atoms. The van der Waals surface area contributed by atoms with Crippen LogP contribution in [0, 0.1) is 5.92 Å². The van der Waals surface area contributed by atoms with Crippen LogP contribution in [0.1, 0.15) is 39.0 Å². The zero-order valence-corrected chi connectivity index (χ0v) is 11.7. The number of nitrogens with one attached hydrogen (secondary N) is 1. The fourth-order valence-corrected chi connectivity index (χ4v) is 2.18. The van der Waals surface area contributed by atoms with Gasteiger partial charge in [0.15, 0.2) is 0 Å². The van der Waals surface area contributed by atoms with E-state index < -0.39 is 6.16 Å². The van der Waals surface area contributed by atoms with Crippen LogP contribution in [0.5, 0.6) is 0 Å². The van der Waals surface area contributed by atoms with Crippen LogP contribution in [0.25, 0.3) is 0 Å². The molecule has 0 radical (unpaired) electrons. The lowest BCUT2D eigenvalue weighted by atomic mass is 9.89. The van der Waals surface area contributed by atoms with Gasteiger partial charge in [-0.1, -0.05) is 12.5 Å². The zero-order chi connectivity index (χ0) is 14.1. The fourth-order valence-electron chi connectivity index (χ4n) is 2.18. The number of carbonyl (C=O) groups is 2. The Balaban J connectivity index is 2.68. The van der Waals surface area contributed by atoms with Gasteiger partial charge in [-0.2, -0.15) is 0 Å². The van der Waals surface area contributed by atoms with Gasteiger partial charge in [0, 0.05) is 19.4 Å². The summed E-state index contributed by atoms with van der Waals surface area (Å²) < 4.78 is 10.1. The lowest BCUT2D eigenvalue weighted by Crippen LogP contribution is -2.31. The van der Waals surface area contributed by atoms with E-state index in [-0.39, 0.29) is 24.5 Å². The highest BCUT2D eigenvalue weighted by Gasteiger charge is 2.26. The summed E-state index contributed by atoms with van der Waals surface area (Å²) >= 11 is 0. The normalized spacial score (nSPS) is 24.7. The molecule has 1 N–H and O–H groups in total. The van der Waals surface area contributed by atoms with Crippen LogP contribution in [0.4, 0.5) is 4.79 Å². The highest BCUT2D eigenvalue weighted by atomic mass is 16.7. The van der Waals surface area contributed by atoms with Gasteiger partial charge in [-0.3, -0.25) is 4.79 Å². The summed E-state index contributed by atoms with van der Waals surface area (Å²) in [5.74, 6) is -0.0164. The third-order valence-corrected chi connectivity index (χ3v) is 3.21. The fraction of sp³-hybridized carbons (Fsp3) is 0.714. The first-order valence-electron chi connectivity index (χ1n) is 6.88. The van der Waals surface area contributed by atoms with Crippen LogP contribution < -0.4 is 5.32 Å². The first-order valence-corrected chi connectivity index (χ1v) is 6.88. The molecule has 2 atom stereocenters. The molecule has 0 fully saturated rings. The van der Waals surface area contributed by atoms with Gasteiger partial charge in [-0.05, 0) is 32.3 Å². The van der Waals surface area contributed by atoms with Crippen molar-refractivity contribution in [2.24, 2.45) is 5.92 Å². The molecule has 0 heterocycles. The van der Waals surface area contributed by atoms with Crippen molar-refractivity contribution in [3.05, 3.63) is 12.2 Å². The molecule has 5 nitrogen and oxygen atoms in total. The zero-order valence-electron chi connectivity index (χ0n) is 11.7. The molecule has 1 aliphatic carbocycles. The van der Waals surface area contributed by atoms with E-state index in [0.717, 1.165) is 25.7 Å². The van der Waals surface area contributed by atoms with Crippen molar-refractivity contribution in [1.82, 2.24) is 5.32 Å². The van der Waals surface area contributed by atoms with Crippen molar-refractivity contribution >= 4 is 12.1 Å². The Kier molecular flexibility index (Phi) is 7.00. The van der Waals surface area contributed by atoms with Gasteiger partial charge in [-0.25, -0.2) is 4.79 Å². The Morgan fingerprint density at radius 2 is 2.16 bits per heavy atom. The molecule has 2 unspecified atom stereocenters. The SMILES string of the molecule is CCOC(=O)OC1/C=C/CCCCC1CC(=O)NC. The molecule has 5 heteroatoms. The van der Waals surface area contributed by atoms with Crippen LogP contribution in [-0.4, -0.2) is 31.8 Å². The van der Waals surface area contributed by atoms with E-state index in [4.69, 9.17) is 9.47 Å². The average Bonchev–Trinajstić information content (AvgIpc) is 2.37. The summed E-state index contributed by atoms with van der Waals surface area (Å²) in [6.45, 7) is 2.02. The van der Waals surface area contributed by atoms with Gasteiger partial charge in [0.05, 0.1) is 6.61 Å². The van der Waals surface area contributed by atoms with E-state index in [1.54, 1.807) is 14.0 Å². The maximum atomic E-state index is 11.5. The number of carbonyl (C=O) groups excluding carboxylic acids is 2. The summed E-state index contributed by atoms with van der Waals surface area (Å²) in [5, 5.41) is 2.61. The molecular weight excluding hydrogens is 246 g/mol. The minimum absolute atomic E-state index is 0.0147. The Hall–Kier alpha value is -1.52. The first kappa shape index (κ1) is 15.5. The van der Waals surface area contributed by atoms with Crippen molar-refractivity contribution in [3.8, 4) is 0 Å². The summed E-state index contributed by atoms with van der Waals surface area (Å²) in [6.07, 6.45) is 7.21. The van der Waals surface area contributed by atoms with Crippen molar-refractivity contribution in [3.63, 3.8) is 0 Å². The molecule has 1 amide bonds. The van der Waals surface area contributed by atoms with Crippen LogP contribution in [0.15, 0.2) is 12.2 Å². The van der Waals surface area contributed by atoms with E-state index in [1.165, 1.54) is 0 Å². The van der Waals surface area contributed by atoms with E-state index in [2.05, 4.69) is 5.32 Å². The number of hydrogen-bond acceptors (Lipinski definition) is 4. The van der Waals surface area contributed by atoms with Crippen LogP contribution in [-0.2, 0) is 14.3 Å². The van der Waals surface area contributed by atoms with Gasteiger partial charge in [0.25, 0.3) is 0 Å². The first-order chi connectivity index (χ1) is 9.17. The number of amides is 1. The predicted molar refractivity (Wildman–Crippen MR) is 71.7 cm³/mol. The van der Waals surface area contributed by atoms with Gasteiger partial charge >= 0.3 is 6.16 Å². The third kappa shape index (κ3) is 5.77. The molecule has 0 saturated heterocycles. The molecule has 0 aliphatic heterocycles. The molecule has 0 bridgehead atoms. The topological polar surface area (TPSA) is 64.6 Å². The Morgan fingerprint density at radius 3 is 2.84 bits per heavy atom. The minimum atomic E-state index is -0.667. The van der Waals surface area contributed by atoms with E-state index in [0.29, 0.717) is 6.42 Å². The molecule has 1 aliphatic rings. The second-order valence-corrected chi connectivity index (χ2v) is 4.62. The highest BCUT2D eigenvalue weighted by molar-refractivity contribution is 5.76. The van der Waals surface area contributed by atoms with E-state index in [1.807, 2.05) is 12.2 Å². The maximum absolute atomic E-state index is 11.5.